The molecule has 1 N–H and O–H groups in total. The van der Waals surface area contributed by atoms with E-state index in [0.29, 0.717) is 12.4 Å². The molecule has 0 atom stereocenters. The fourth-order valence-corrected chi connectivity index (χ4v) is 1.50. The van der Waals surface area contributed by atoms with Gasteiger partial charge in [-0.15, -0.1) is 0 Å². The third-order valence-electron chi connectivity index (χ3n) is 2.45. The summed E-state index contributed by atoms with van der Waals surface area (Å²) in [5.41, 5.74) is 1.15. The molecule has 0 unspecified atom stereocenters. The Morgan fingerprint density at radius 3 is 2.76 bits per heavy atom. The van der Waals surface area contributed by atoms with Gasteiger partial charge in [0, 0.05) is 13.5 Å². The van der Waals surface area contributed by atoms with Crippen LogP contribution in [0.2, 0.25) is 0 Å². The highest BCUT2D eigenvalue weighted by molar-refractivity contribution is 5.89. The van der Waals surface area contributed by atoms with Crippen LogP contribution in [0.4, 0.5) is 5.95 Å². The number of anilines is 1. The number of hydrogen-bond donors (Lipinski definition) is 1. The van der Waals surface area contributed by atoms with E-state index in [0.717, 1.165) is 12.0 Å². The highest BCUT2D eigenvalue weighted by Gasteiger charge is 2.06. The average Bonchev–Trinajstić information content (AvgIpc) is 2.74. The summed E-state index contributed by atoms with van der Waals surface area (Å²) in [7, 11) is 1.74. The molecule has 0 saturated heterocycles. The maximum atomic E-state index is 11.6. The van der Waals surface area contributed by atoms with Crippen LogP contribution in [0.1, 0.15) is 12.0 Å². The summed E-state index contributed by atoms with van der Waals surface area (Å²) in [6, 6.07) is 9.92. The Labute approximate surface area is 99.5 Å². The second-order valence-electron chi connectivity index (χ2n) is 3.74. The lowest BCUT2D eigenvalue weighted by Gasteiger charge is -2.03. The van der Waals surface area contributed by atoms with Crippen molar-refractivity contribution in [1.29, 1.82) is 0 Å². The molecule has 0 radical (unpaired) electrons. The van der Waals surface area contributed by atoms with Gasteiger partial charge in [-0.05, 0) is 12.0 Å². The molecule has 2 aromatic rings. The van der Waals surface area contributed by atoms with Gasteiger partial charge in [0.05, 0.1) is 0 Å². The summed E-state index contributed by atoms with van der Waals surface area (Å²) < 4.78 is 1.53. The number of aryl methyl sites for hydroxylation is 2. The van der Waals surface area contributed by atoms with Gasteiger partial charge in [0.25, 0.3) is 0 Å². The van der Waals surface area contributed by atoms with E-state index in [2.05, 4.69) is 15.4 Å². The maximum absolute atomic E-state index is 11.6. The van der Waals surface area contributed by atoms with Gasteiger partial charge in [0.15, 0.2) is 0 Å². The smallest absolute Gasteiger partial charge is 0.227 e. The predicted octanol–water partition coefficient (Wildman–Crippen LogP) is 1.39. The van der Waals surface area contributed by atoms with E-state index in [-0.39, 0.29) is 5.91 Å². The number of amides is 1. The Kier molecular flexibility index (Phi) is 3.49. The summed E-state index contributed by atoms with van der Waals surface area (Å²) in [6.07, 6.45) is 2.58. The molecule has 0 aliphatic heterocycles. The fourth-order valence-electron chi connectivity index (χ4n) is 1.50. The maximum Gasteiger partial charge on any atom is 0.227 e. The standard InChI is InChI=1S/C12H14N4O/c1-16-12(13-9-14-16)15-11(17)8-7-10-5-3-2-4-6-10/h2-6,9H,7-8H2,1H3,(H,13,14,15,17). The zero-order chi connectivity index (χ0) is 12.1. The van der Waals surface area contributed by atoms with Gasteiger partial charge in [0.1, 0.15) is 6.33 Å². The van der Waals surface area contributed by atoms with Gasteiger partial charge >= 0.3 is 0 Å². The first-order chi connectivity index (χ1) is 8.25. The molecule has 0 saturated carbocycles. The molecular formula is C12H14N4O. The van der Waals surface area contributed by atoms with Gasteiger partial charge < -0.3 is 0 Å². The molecular weight excluding hydrogens is 216 g/mol. The monoisotopic (exact) mass is 230 g/mol. The minimum absolute atomic E-state index is 0.0510. The zero-order valence-corrected chi connectivity index (χ0v) is 9.63. The van der Waals surface area contributed by atoms with Crippen molar-refractivity contribution in [3.05, 3.63) is 42.2 Å². The van der Waals surface area contributed by atoms with E-state index < -0.39 is 0 Å². The van der Waals surface area contributed by atoms with E-state index in [1.807, 2.05) is 30.3 Å². The van der Waals surface area contributed by atoms with Crippen molar-refractivity contribution in [2.75, 3.05) is 5.32 Å². The Hall–Kier alpha value is -2.17. The van der Waals surface area contributed by atoms with Gasteiger partial charge in [-0.3, -0.25) is 10.1 Å². The molecule has 17 heavy (non-hydrogen) atoms. The minimum Gasteiger partial charge on any atom is -0.295 e. The highest BCUT2D eigenvalue weighted by Crippen LogP contribution is 2.04. The number of carbonyl (C=O) groups is 1. The van der Waals surface area contributed by atoms with Crippen molar-refractivity contribution in [3.8, 4) is 0 Å². The topological polar surface area (TPSA) is 59.8 Å². The lowest BCUT2D eigenvalue weighted by atomic mass is 10.1. The van der Waals surface area contributed by atoms with E-state index >= 15 is 0 Å². The summed E-state index contributed by atoms with van der Waals surface area (Å²) in [6.45, 7) is 0. The van der Waals surface area contributed by atoms with Crippen LogP contribution in [-0.2, 0) is 18.3 Å². The second-order valence-corrected chi connectivity index (χ2v) is 3.74. The average molecular weight is 230 g/mol. The minimum atomic E-state index is -0.0510. The van der Waals surface area contributed by atoms with Crippen molar-refractivity contribution >= 4 is 11.9 Å². The molecule has 88 valence electrons. The molecule has 1 heterocycles. The Bertz CT molecular complexity index is 492. The molecule has 0 spiro atoms. The summed E-state index contributed by atoms with van der Waals surface area (Å²) >= 11 is 0. The highest BCUT2D eigenvalue weighted by atomic mass is 16.1. The van der Waals surface area contributed by atoms with Crippen LogP contribution in [0.25, 0.3) is 0 Å². The molecule has 0 aliphatic rings. The molecule has 0 bridgehead atoms. The number of aromatic nitrogens is 3. The predicted molar refractivity (Wildman–Crippen MR) is 64.4 cm³/mol. The normalized spacial score (nSPS) is 10.2. The molecule has 5 heteroatoms. The van der Waals surface area contributed by atoms with Crippen LogP contribution in [0.15, 0.2) is 36.7 Å². The second kappa shape index (κ2) is 5.25. The first kappa shape index (κ1) is 11.3. The van der Waals surface area contributed by atoms with Crippen LogP contribution < -0.4 is 5.32 Å². The summed E-state index contributed by atoms with van der Waals surface area (Å²) in [5, 5.41) is 6.59. The molecule has 0 fully saturated rings. The van der Waals surface area contributed by atoms with Gasteiger partial charge in [0.2, 0.25) is 11.9 Å². The van der Waals surface area contributed by atoms with Crippen molar-refractivity contribution in [2.45, 2.75) is 12.8 Å². The molecule has 5 nitrogen and oxygen atoms in total. The Balaban J connectivity index is 1.85. The Morgan fingerprint density at radius 1 is 1.35 bits per heavy atom. The van der Waals surface area contributed by atoms with Crippen LogP contribution in [0, 0.1) is 0 Å². The Morgan fingerprint density at radius 2 is 2.12 bits per heavy atom. The van der Waals surface area contributed by atoms with Crippen LogP contribution in [0.5, 0.6) is 0 Å². The number of nitrogens with zero attached hydrogens (tertiary/aromatic N) is 3. The third kappa shape index (κ3) is 3.14. The van der Waals surface area contributed by atoms with E-state index in [1.165, 1.54) is 11.0 Å². The number of nitrogens with one attached hydrogen (secondary N) is 1. The van der Waals surface area contributed by atoms with E-state index in [4.69, 9.17) is 0 Å². The van der Waals surface area contributed by atoms with Gasteiger partial charge in [-0.25, -0.2) is 4.68 Å². The number of hydrogen-bond acceptors (Lipinski definition) is 3. The fraction of sp³-hybridized carbons (Fsp3) is 0.250. The van der Waals surface area contributed by atoms with Crippen molar-refractivity contribution in [2.24, 2.45) is 7.05 Å². The van der Waals surface area contributed by atoms with E-state index in [9.17, 15) is 4.79 Å². The largest absolute Gasteiger partial charge is 0.295 e. The van der Waals surface area contributed by atoms with Crippen molar-refractivity contribution < 1.29 is 4.79 Å². The number of carbonyl (C=O) groups excluding carboxylic acids is 1. The molecule has 2 rings (SSSR count). The molecule has 1 aromatic carbocycles. The first-order valence-corrected chi connectivity index (χ1v) is 5.43. The SMILES string of the molecule is Cn1ncnc1NC(=O)CCc1ccccc1. The molecule has 1 amide bonds. The van der Waals surface area contributed by atoms with Crippen molar-refractivity contribution in [1.82, 2.24) is 14.8 Å². The first-order valence-electron chi connectivity index (χ1n) is 5.43. The third-order valence-corrected chi connectivity index (χ3v) is 2.45. The lowest BCUT2D eigenvalue weighted by molar-refractivity contribution is -0.116. The van der Waals surface area contributed by atoms with Gasteiger partial charge in [-0.1, -0.05) is 30.3 Å². The van der Waals surface area contributed by atoms with Crippen LogP contribution in [0.3, 0.4) is 0 Å². The van der Waals surface area contributed by atoms with E-state index in [1.54, 1.807) is 7.05 Å². The van der Waals surface area contributed by atoms with Crippen LogP contribution in [-0.4, -0.2) is 20.7 Å². The zero-order valence-electron chi connectivity index (χ0n) is 9.63. The molecule has 0 aliphatic carbocycles. The number of benzene rings is 1. The summed E-state index contributed by atoms with van der Waals surface area (Å²) in [4.78, 5) is 15.6. The summed E-state index contributed by atoms with van der Waals surface area (Å²) in [5.74, 6) is 0.424. The van der Waals surface area contributed by atoms with Crippen molar-refractivity contribution in [3.63, 3.8) is 0 Å². The van der Waals surface area contributed by atoms with Gasteiger partial charge in [-0.2, -0.15) is 10.1 Å². The van der Waals surface area contributed by atoms with Crippen LogP contribution >= 0.6 is 0 Å². The number of rotatable bonds is 4. The molecule has 1 aromatic heterocycles. The quantitative estimate of drug-likeness (QED) is 0.863. The lowest BCUT2D eigenvalue weighted by Crippen LogP contribution is -2.15.